The van der Waals surface area contributed by atoms with Gasteiger partial charge in [-0.15, -0.1) is 0 Å². The lowest BCUT2D eigenvalue weighted by Gasteiger charge is -2.38. The predicted octanol–water partition coefficient (Wildman–Crippen LogP) is 3.42. The maximum Gasteiger partial charge on any atom is 0.272 e. The Morgan fingerprint density at radius 1 is 0.938 bits per heavy atom. The molecule has 48 heavy (non-hydrogen) atoms. The number of halogens is 1. The average molecular weight is 684 g/mol. The Morgan fingerprint density at radius 2 is 1.56 bits per heavy atom. The number of rotatable bonds is 7. The molecule has 3 aliphatic rings. The van der Waals surface area contributed by atoms with E-state index < -0.39 is 5.82 Å². The highest BCUT2D eigenvalue weighted by atomic mass is 32.1. The number of fused-ring (bicyclic) bond motifs is 1. The number of aromatic amines is 1. The summed E-state index contributed by atoms with van der Waals surface area (Å²) in [6, 6.07) is 11.5. The number of hydrogen-bond donors (Lipinski definition) is 3. The van der Waals surface area contributed by atoms with Gasteiger partial charge in [0.05, 0.1) is 23.2 Å². The fraction of sp³-hybridized carbons (Fsp3) is 0.556. The number of amides is 1. The van der Waals surface area contributed by atoms with E-state index in [1.54, 1.807) is 24.5 Å². The number of H-pyrrole nitrogens is 1. The third-order valence-electron chi connectivity index (χ3n) is 8.99. The molecule has 0 spiro atoms. The number of aromatic nitrogens is 2. The minimum absolute atomic E-state index is 0.0150. The van der Waals surface area contributed by atoms with E-state index in [1.165, 1.54) is 44.6 Å². The molecule has 0 bridgehead atoms. The lowest BCUT2D eigenvalue weighted by molar-refractivity contribution is -0.134. The summed E-state index contributed by atoms with van der Waals surface area (Å²) in [5.74, 6) is 0.646. The van der Waals surface area contributed by atoms with Crippen LogP contribution in [0.25, 0.3) is 10.8 Å². The molecule has 6 rings (SSSR count). The minimum atomic E-state index is -0.548. The molecule has 264 valence electrons. The number of hydrogen-bond acceptors (Lipinski definition) is 9. The Labute approximate surface area is 290 Å². The number of nitrogens with zero attached hydrogens (tertiary/aromatic N) is 5. The smallest absolute Gasteiger partial charge is 0.272 e. The van der Waals surface area contributed by atoms with Gasteiger partial charge in [0, 0.05) is 70.7 Å². The molecule has 0 aliphatic carbocycles. The predicted molar refractivity (Wildman–Crippen MR) is 196 cm³/mol. The van der Waals surface area contributed by atoms with Crippen molar-refractivity contribution in [3.8, 4) is 0 Å². The zero-order chi connectivity index (χ0) is 34.9. The molecule has 4 heterocycles. The van der Waals surface area contributed by atoms with Crippen LogP contribution in [-0.4, -0.2) is 134 Å². The van der Waals surface area contributed by atoms with Crippen LogP contribution < -0.4 is 10.9 Å². The highest BCUT2D eigenvalue weighted by molar-refractivity contribution is 7.79. The number of aldehydes is 1. The molecule has 1 aromatic heterocycles. The van der Waals surface area contributed by atoms with E-state index in [4.69, 9.17) is 0 Å². The maximum atomic E-state index is 13.3. The third-order valence-corrected chi connectivity index (χ3v) is 8.99. The van der Waals surface area contributed by atoms with Crippen LogP contribution in [-0.2, 0) is 11.2 Å². The van der Waals surface area contributed by atoms with Gasteiger partial charge in [-0.3, -0.25) is 19.3 Å². The largest absolute Gasteiger partial charge is 0.339 e. The molecule has 2 N–H and O–H groups in total. The van der Waals surface area contributed by atoms with E-state index in [9.17, 15) is 18.8 Å². The molecule has 0 radical (unpaired) electrons. The monoisotopic (exact) mass is 683 g/mol. The highest BCUT2D eigenvalue weighted by Crippen LogP contribution is 2.18. The highest BCUT2D eigenvalue weighted by Gasteiger charge is 2.25. The molecule has 0 atom stereocenters. The quantitative estimate of drug-likeness (QED) is 0.257. The van der Waals surface area contributed by atoms with Gasteiger partial charge < -0.3 is 20.0 Å². The van der Waals surface area contributed by atoms with Crippen molar-refractivity contribution < 1.29 is 14.0 Å². The summed E-state index contributed by atoms with van der Waals surface area (Å²) >= 11 is 3.53. The van der Waals surface area contributed by atoms with Crippen LogP contribution in [0.2, 0.25) is 0 Å². The summed E-state index contributed by atoms with van der Waals surface area (Å²) in [5.41, 5.74) is 1.19. The van der Waals surface area contributed by atoms with E-state index in [-0.39, 0.29) is 11.1 Å². The normalized spacial score (nSPS) is 17.7. The van der Waals surface area contributed by atoms with E-state index >= 15 is 0 Å². The number of piperazine rings is 2. The molecule has 0 unspecified atom stereocenters. The van der Waals surface area contributed by atoms with Crippen molar-refractivity contribution in [3.63, 3.8) is 0 Å². The molecular formula is C36H54FN7O3S. The van der Waals surface area contributed by atoms with Crippen molar-refractivity contribution in [1.82, 2.24) is 35.1 Å². The molecule has 3 aromatic rings. The van der Waals surface area contributed by atoms with Gasteiger partial charge in [0.1, 0.15) is 5.82 Å². The summed E-state index contributed by atoms with van der Waals surface area (Å²) in [4.78, 5) is 44.2. The Balaban J connectivity index is 0.000000237. The zero-order valence-electron chi connectivity index (χ0n) is 29.1. The fourth-order valence-corrected chi connectivity index (χ4v) is 6.20. The first-order valence-electron chi connectivity index (χ1n) is 17.2. The number of nitrogens with one attached hydrogen (secondary N) is 2. The molecule has 2 aromatic carbocycles. The molecule has 1 amide bonds. The second-order valence-electron chi connectivity index (χ2n) is 12.1. The first-order chi connectivity index (χ1) is 23.4. The van der Waals surface area contributed by atoms with Gasteiger partial charge >= 0.3 is 0 Å². The van der Waals surface area contributed by atoms with Gasteiger partial charge in [0.15, 0.2) is 6.29 Å². The minimum Gasteiger partial charge on any atom is -0.339 e. The van der Waals surface area contributed by atoms with Crippen LogP contribution >= 0.6 is 12.6 Å². The Hall–Kier alpha value is -3.16. The fourth-order valence-electron chi connectivity index (χ4n) is 6.20. The number of thiol groups is 1. The van der Waals surface area contributed by atoms with Crippen molar-refractivity contribution >= 4 is 35.6 Å². The molecule has 3 saturated heterocycles. The number of benzene rings is 2. The van der Waals surface area contributed by atoms with Crippen LogP contribution in [0.1, 0.15) is 48.3 Å². The number of piperidine rings is 1. The van der Waals surface area contributed by atoms with Crippen molar-refractivity contribution in [2.75, 3.05) is 91.8 Å². The van der Waals surface area contributed by atoms with Gasteiger partial charge in [-0.05, 0) is 68.9 Å². The molecule has 12 heteroatoms. The van der Waals surface area contributed by atoms with Crippen molar-refractivity contribution in [3.05, 3.63) is 75.5 Å². The van der Waals surface area contributed by atoms with E-state index in [0.717, 1.165) is 69.2 Å². The van der Waals surface area contributed by atoms with Crippen LogP contribution in [0.3, 0.4) is 0 Å². The van der Waals surface area contributed by atoms with Gasteiger partial charge in [0.2, 0.25) is 5.91 Å². The summed E-state index contributed by atoms with van der Waals surface area (Å²) in [6.07, 6.45) is 5.22. The summed E-state index contributed by atoms with van der Waals surface area (Å²) in [6.45, 7) is 16.4. The summed E-state index contributed by atoms with van der Waals surface area (Å²) in [7, 11) is 2.13. The zero-order valence-corrected chi connectivity index (χ0v) is 30.0. The van der Waals surface area contributed by atoms with Crippen molar-refractivity contribution in [1.29, 1.82) is 0 Å². The van der Waals surface area contributed by atoms with Crippen LogP contribution in [0.15, 0.2) is 47.3 Å². The van der Waals surface area contributed by atoms with Gasteiger partial charge in [-0.2, -0.15) is 17.7 Å². The Morgan fingerprint density at radius 3 is 2.21 bits per heavy atom. The third kappa shape index (κ3) is 11.8. The van der Waals surface area contributed by atoms with Crippen molar-refractivity contribution in [2.24, 2.45) is 5.92 Å². The van der Waals surface area contributed by atoms with E-state index in [1.807, 2.05) is 30.9 Å². The lowest BCUT2D eigenvalue weighted by Crippen LogP contribution is -2.53. The lowest BCUT2D eigenvalue weighted by atomic mass is 9.97. The number of carbonyl (C=O) groups is 2. The number of likely N-dealkylation sites (N-methyl/N-ethyl adjacent to an activating group) is 1. The van der Waals surface area contributed by atoms with Crippen LogP contribution in [0.4, 0.5) is 4.39 Å². The SMILES string of the molecule is CC.CN1CCN(C(=O)CN2CCN(CC3CCNCC3)CC2)CC1.CS.O=Cc1cc(Cc2n[nH]c(=O)c3ccccc23)ccc1F. The topological polar surface area (TPSA) is 105 Å². The maximum absolute atomic E-state index is 13.3. The van der Waals surface area contributed by atoms with Gasteiger partial charge in [-0.1, -0.05) is 38.1 Å². The van der Waals surface area contributed by atoms with E-state index in [0.29, 0.717) is 36.2 Å². The summed E-state index contributed by atoms with van der Waals surface area (Å²) in [5, 5.41) is 11.3. The van der Waals surface area contributed by atoms with Crippen LogP contribution in [0, 0.1) is 11.7 Å². The van der Waals surface area contributed by atoms with Gasteiger partial charge in [-0.25, -0.2) is 9.49 Å². The van der Waals surface area contributed by atoms with Crippen LogP contribution in [0.5, 0.6) is 0 Å². The first kappa shape index (κ1) is 39.3. The number of carbonyl (C=O) groups excluding carboxylic acids is 2. The first-order valence-corrected chi connectivity index (χ1v) is 18.1. The second kappa shape index (κ2) is 21.0. The molecule has 0 saturated carbocycles. The molecular weight excluding hydrogens is 630 g/mol. The Kier molecular flexibility index (Phi) is 17.2. The Bertz CT molecular complexity index is 1470. The second-order valence-corrected chi connectivity index (χ2v) is 12.1. The molecule has 3 fully saturated rings. The van der Waals surface area contributed by atoms with Crippen molar-refractivity contribution in [2.45, 2.75) is 33.1 Å². The summed E-state index contributed by atoms with van der Waals surface area (Å²) < 4.78 is 13.3. The van der Waals surface area contributed by atoms with E-state index in [2.05, 4.69) is 49.9 Å². The molecule has 10 nitrogen and oxygen atoms in total. The standard InChI is InChI=1S/C17H33N5O.C16H11FN2O2.C2H6.CH4S/c1-19-6-12-22(13-7-19)17(23)15-21-10-8-20(9-11-21)14-16-2-4-18-5-3-16;17-14-6-5-10(7-11(14)9-20)8-15-12-3-1-2-4-13(12)16(21)19-18-15;2*1-2/h16,18H,2-15H2,1H3;1-7,9H,8H2,(H,19,21);1-2H3;2H,1H3. The average Bonchev–Trinajstić information content (AvgIpc) is 3.14. The molecule has 3 aliphatic heterocycles. The van der Waals surface area contributed by atoms with Gasteiger partial charge in [0.25, 0.3) is 5.56 Å².